The van der Waals surface area contributed by atoms with Gasteiger partial charge in [0.05, 0.1) is 29.0 Å². The minimum Gasteiger partial charge on any atom is -0.494 e. The molecular formula is C20H19N3O3S2. The van der Waals surface area contributed by atoms with Crippen LogP contribution < -0.4 is 15.4 Å². The van der Waals surface area contributed by atoms with E-state index in [0.717, 1.165) is 10.6 Å². The number of rotatable bonds is 7. The fraction of sp³-hybridized carbons (Fsp3) is 0.250. The Morgan fingerprint density at radius 1 is 1.39 bits per heavy atom. The first-order valence-electron chi connectivity index (χ1n) is 8.73. The average Bonchev–Trinajstić information content (AvgIpc) is 3.22. The van der Waals surface area contributed by atoms with Gasteiger partial charge in [-0.1, -0.05) is 17.8 Å². The van der Waals surface area contributed by atoms with Gasteiger partial charge >= 0.3 is 0 Å². The van der Waals surface area contributed by atoms with Gasteiger partial charge in [0, 0.05) is 22.9 Å². The second-order valence-electron chi connectivity index (χ2n) is 5.97. The summed E-state index contributed by atoms with van der Waals surface area (Å²) in [5.74, 6) is 0.211. The zero-order valence-corrected chi connectivity index (χ0v) is 16.9. The van der Waals surface area contributed by atoms with Crippen molar-refractivity contribution in [3.63, 3.8) is 0 Å². The van der Waals surface area contributed by atoms with Crippen molar-refractivity contribution in [2.45, 2.75) is 19.3 Å². The zero-order chi connectivity index (χ0) is 19.9. The van der Waals surface area contributed by atoms with Crippen LogP contribution in [0.4, 0.5) is 5.69 Å². The van der Waals surface area contributed by atoms with Gasteiger partial charge in [-0.3, -0.25) is 9.59 Å². The fourth-order valence-electron chi connectivity index (χ4n) is 2.80. The van der Waals surface area contributed by atoms with E-state index in [9.17, 15) is 14.9 Å². The van der Waals surface area contributed by atoms with Crippen LogP contribution in [0.2, 0.25) is 0 Å². The molecule has 0 radical (unpaired) electrons. The van der Waals surface area contributed by atoms with Crippen LogP contribution in [0.25, 0.3) is 0 Å². The maximum absolute atomic E-state index is 12.3. The van der Waals surface area contributed by atoms with Crippen molar-refractivity contribution in [1.29, 1.82) is 5.26 Å². The van der Waals surface area contributed by atoms with Gasteiger partial charge in [-0.15, -0.1) is 11.3 Å². The molecular weight excluding hydrogens is 394 g/mol. The molecule has 3 rings (SSSR count). The van der Waals surface area contributed by atoms with E-state index >= 15 is 0 Å². The van der Waals surface area contributed by atoms with Crippen molar-refractivity contribution in [1.82, 2.24) is 5.32 Å². The Morgan fingerprint density at radius 3 is 2.82 bits per heavy atom. The predicted molar refractivity (Wildman–Crippen MR) is 111 cm³/mol. The molecule has 0 spiro atoms. The number of thiophene rings is 1. The number of nitriles is 1. The monoisotopic (exact) mass is 413 g/mol. The third-order valence-corrected chi connectivity index (χ3v) is 6.04. The van der Waals surface area contributed by atoms with Gasteiger partial charge in [0.15, 0.2) is 0 Å². The highest BCUT2D eigenvalue weighted by molar-refractivity contribution is 8.03. The molecule has 0 unspecified atom stereocenters. The van der Waals surface area contributed by atoms with Crippen LogP contribution in [-0.4, -0.2) is 24.2 Å². The first-order chi connectivity index (χ1) is 13.6. The molecule has 2 aromatic rings. The fourth-order valence-corrected chi connectivity index (χ4v) is 4.52. The SMILES string of the molecule is CCOc1ccc(NC(=O)CSC2=C(C#N)[C@H](c3cccs3)CC(=O)N2)cc1. The lowest BCUT2D eigenvalue weighted by atomic mass is 9.93. The summed E-state index contributed by atoms with van der Waals surface area (Å²) < 4.78 is 5.37. The quantitative estimate of drug-likeness (QED) is 0.719. The maximum atomic E-state index is 12.3. The van der Waals surface area contributed by atoms with Crippen LogP contribution >= 0.6 is 23.1 Å². The smallest absolute Gasteiger partial charge is 0.234 e. The molecule has 8 heteroatoms. The van der Waals surface area contributed by atoms with Crippen molar-refractivity contribution >= 4 is 40.6 Å². The summed E-state index contributed by atoms with van der Waals surface area (Å²) >= 11 is 2.69. The van der Waals surface area contributed by atoms with E-state index in [-0.39, 0.29) is 29.9 Å². The summed E-state index contributed by atoms with van der Waals surface area (Å²) in [6.45, 7) is 2.49. The number of anilines is 1. The molecule has 0 aliphatic carbocycles. The summed E-state index contributed by atoms with van der Waals surface area (Å²) in [7, 11) is 0. The highest BCUT2D eigenvalue weighted by atomic mass is 32.2. The van der Waals surface area contributed by atoms with Crippen molar-refractivity contribution in [3.8, 4) is 11.8 Å². The predicted octanol–water partition coefficient (Wildman–Crippen LogP) is 3.86. The Morgan fingerprint density at radius 2 is 2.18 bits per heavy atom. The number of ether oxygens (including phenoxy) is 1. The van der Waals surface area contributed by atoms with E-state index in [2.05, 4.69) is 16.7 Å². The summed E-state index contributed by atoms with van der Waals surface area (Å²) in [6, 6.07) is 13.1. The number of hydrogen-bond donors (Lipinski definition) is 2. The summed E-state index contributed by atoms with van der Waals surface area (Å²) in [5.41, 5.74) is 1.16. The van der Waals surface area contributed by atoms with Crippen molar-refractivity contribution in [2.24, 2.45) is 0 Å². The third kappa shape index (κ3) is 4.94. The molecule has 6 nitrogen and oxygen atoms in total. The molecule has 0 fully saturated rings. The number of nitrogens with one attached hydrogen (secondary N) is 2. The van der Waals surface area contributed by atoms with Gasteiger partial charge in [0.25, 0.3) is 0 Å². The first kappa shape index (κ1) is 20.0. The molecule has 1 aliphatic heterocycles. The van der Waals surface area contributed by atoms with E-state index in [0.29, 0.717) is 22.9 Å². The first-order valence-corrected chi connectivity index (χ1v) is 10.6. The molecule has 144 valence electrons. The second kappa shape index (κ2) is 9.44. The average molecular weight is 414 g/mol. The van der Waals surface area contributed by atoms with Crippen LogP contribution in [0.3, 0.4) is 0 Å². The molecule has 1 aliphatic rings. The summed E-state index contributed by atoms with van der Waals surface area (Å²) in [4.78, 5) is 25.3. The zero-order valence-electron chi connectivity index (χ0n) is 15.2. The molecule has 2 N–H and O–H groups in total. The third-order valence-electron chi connectivity index (χ3n) is 4.04. The van der Waals surface area contributed by atoms with E-state index < -0.39 is 0 Å². The molecule has 2 heterocycles. The molecule has 1 aromatic carbocycles. The van der Waals surface area contributed by atoms with Gasteiger partial charge in [-0.2, -0.15) is 5.26 Å². The van der Waals surface area contributed by atoms with Crippen LogP contribution in [0.1, 0.15) is 24.1 Å². The lowest BCUT2D eigenvalue weighted by Gasteiger charge is -2.23. The summed E-state index contributed by atoms with van der Waals surface area (Å²) in [5, 5.41) is 17.5. The molecule has 0 saturated heterocycles. The number of hydrogen-bond acceptors (Lipinski definition) is 6. The van der Waals surface area contributed by atoms with Gasteiger partial charge in [0.2, 0.25) is 11.8 Å². The Kier molecular flexibility index (Phi) is 6.74. The minimum atomic E-state index is -0.254. The topological polar surface area (TPSA) is 91.2 Å². The molecule has 1 aromatic heterocycles. The van der Waals surface area contributed by atoms with E-state index in [1.54, 1.807) is 24.3 Å². The Hall–Kier alpha value is -2.76. The van der Waals surface area contributed by atoms with Crippen LogP contribution in [0.15, 0.2) is 52.4 Å². The molecule has 1 atom stereocenters. The lowest BCUT2D eigenvalue weighted by Crippen LogP contribution is -2.31. The molecule has 0 saturated carbocycles. The number of thioether (sulfide) groups is 1. The lowest BCUT2D eigenvalue weighted by molar-refractivity contribution is -0.121. The highest BCUT2D eigenvalue weighted by Crippen LogP contribution is 2.37. The second-order valence-corrected chi connectivity index (χ2v) is 7.93. The Bertz CT molecular complexity index is 915. The number of nitrogens with zero attached hydrogens (tertiary/aromatic N) is 1. The number of amides is 2. The number of carbonyl (C=O) groups excluding carboxylic acids is 2. The van der Waals surface area contributed by atoms with Crippen molar-refractivity contribution in [3.05, 3.63) is 57.3 Å². The van der Waals surface area contributed by atoms with E-state index in [4.69, 9.17) is 4.74 Å². The van der Waals surface area contributed by atoms with Gasteiger partial charge in [0.1, 0.15) is 5.75 Å². The van der Waals surface area contributed by atoms with Gasteiger partial charge in [-0.05, 0) is 42.6 Å². The molecule has 2 amide bonds. The number of allylic oxidation sites excluding steroid dienone is 1. The Labute approximate surface area is 171 Å². The standard InChI is InChI=1S/C20H19N3O3S2/c1-2-26-14-7-5-13(6-8-14)22-19(25)12-28-20-16(11-21)15(10-18(24)23-20)17-4-3-9-27-17/h3-9,15H,2,10,12H2,1H3,(H,22,25)(H,23,24)/t15-/m1/s1. The number of carbonyl (C=O) groups is 2. The van der Waals surface area contributed by atoms with E-state index in [1.807, 2.05) is 24.4 Å². The van der Waals surface area contributed by atoms with Crippen LogP contribution in [-0.2, 0) is 9.59 Å². The largest absolute Gasteiger partial charge is 0.494 e. The minimum absolute atomic E-state index is 0.0885. The molecule has 28 heavy (non-hydrogen) atoms. The van der Waals surface area contributed by atoms with Crippen LogP contribution in [0.5, 0.6) is 5.75 Å². The van der Waals surface area contributed by atoms with E-state index in [1.165, 1.54) is 23.1 Å². The van der Waals surface area contributed by atoms with Gasteiger partial charge < -0.3 is 15.4 Å². The normalized spacial score (nSPS) is 16.3. The summed E-state index contributed by atoms with van der Waals surface area (Å²) in [6.07, 6.45) is 0.242. The molecule has 0 bridgehead atoms. The van der Waals surface area contributed by atoms with Crippen molar-refractivity contribution < 1.29 is 14.3 Å². The maximum Gasteiger partial charge on any atom is 0.234 e. The van der Waals surface area contributed by atoms with Crippen LogP contribution in [0, 0.1) is 11.3 Å². The van der Waals surface area contributed by atoms with Gasteiger partial charge in [-0.25, -0.2) is 0 Å². The highest BCUT2D eigenvalue weighted by Gasteiger charge is 2.30. The van der Waals surface area contributed by atoms with Crippen molar-refractivity contribution in [2.75, 3.05) is 17.7 Å². The Balaban J connectivity index is 1.65. The number of benzene rings is 1.